The van der Waals surface area contributed by atoms with E-state index in [0.717, 1.165) is 49.0 Å². The largest absolute Gasteiger partial charge is 0.355 e. The maximum absolute atomic E-state index is 12.5. The van der Waals surface area contributed by atoms with Crippen LogP contribution in [0.5, 0.6) is 0 Å². The molecule has 0 bridgehead atoms. The van der Waals surface area contributed by atoms with Gasteiger partial charge in [-0.1, -0.05) is 0 Å². The number of fused-ring (bicyclic) bond motifs is 1. The van der Waals surface area contributed by atoms with Gasteiger partial charge >= 0.3 is 0 Å². The number of anilines is 2. The third-order valence-corrected chi connectivity index (χ3v) is 5.22. The third-order valence-electron chi connectivity index (χ3n) is 5.22. The molecule has 1 amide bonds. The average molecular weight is 385 g/mol. The summed E-state index contributed by atoms with van der Waals surface area (Å²) >= 11 is 0. The highest BCUT2D eigenvalue weighted by atomic mass is 35.5. The highest BCUT2D eigenvalue weighted by Crippen LogP contribution is 2.36. The summed E-state index contributed by atoms with van der Waals surface area (Å²) in [4.78, 5) is 23.6. The molecule has 3 aromatic rings. The van der Waals surface area contributed by atoms with Crippen molar-refractivity contribution in [1.82, 2.24) is 19.7 Å². The Balaban J connectivity index is 0.00000180. The van der Waals surface area contributed by atoms with Gasteiger partial charge < -0.3 is 19.9 Å². The molecule has 2 N–H and O–H groups in total. The van der Waals surface area contributed by atoms with E-state index in [4.69, 9.17) is 0 Å². The molecular weight excluding hydrogens is 364 g/mol. The highest BCUT2D eigenvalue weighted by molar-refractivity contribution is 6.04. The van der Waals surface area contributed by atoms with E-state index in [0.29, 0.717) is 11.0 Å². The van der Waals surface area contributed by atoms with Gasteiger partial charge in [-0.15, -0.1) is 12.4 Å². The molecule has 140 valence electrons. The summed E-state index contributed by atoms with van der Waals surface area (Å²) in [5.74, 6) is 0.776. The predicted octanol–water partition coefficient (Wildman–Crippen LogP) is 2.12. The standard InChI is InChI=1S/C19H20N6O.ClH/c1-13-7-24-8-15(3-5-17(24)22-13)23-18(26)14-2-4-16(21-6-14)25-11-19(12-25)9-20-10-19;/h2-8,20H,9-12H2,1H3,(H,23,26);1H. The van der Waals surface area contributed by atoms with Crippen molar-refractivity contribution >= 4 is 35.5 Å². The third kappa shape index (κ3) is 3.13. The number of aryl methyl sites for hydroxylation is 1. The van der Waals surface area contributed by atoms with Crippen LogP contribution in [-0.4, -0.2) is 46.5 Å². The van der Waals surface area contributed by atoms with Gasteiger partial charge in [0.05, 0.1) is 16.9 Å². The summed E-state index contributed by atoms with van der Waals surface area (Å²) < 4.78 is 1.90. The van der Waals surface area contributed by atoms with Gasteiger partial charge in [0, 0.05) is 50.2 Å². The molecule has 5 rings (SSSR count). The molecule has 3 aromatic heterocycles. The minimum Gasteiger partial charge on any atom is -0.355 e. The van der Waals surface area contributed by atoms with Crippen LogP contribution in [0, 0.1) is 12.3 Å². The Bertz CT molecular complexity index is 987. The van der Waals surface area contributed by atoms with Gasteiger partial charge in [0.2, 0.25) is 0 Å². The van der Waals surface area contributed by atoms with Crippen LogP contribution in [0.4, 0.5) is 11.5 Å². The van der Waals surface area contributed by atoms with Gasteiger partial charge in [-0.25, -0.2) is 9.97 Å². The molecule has 8 heteroatoms. The van der Waals surface area contributed by atoms with Crippen LogP contribution in [-0.2, 0) is 0 Å². The summed E-state index contributed by atoms with van der Waals surface area (Å²) in [6, 6.07) is 7.50. The van der Waals surface area contributed by atoms with Crippen molar-refractivity contribution in [3.63, 3.8) is 0 Å². The Morgan fingerprint density at radius 2 is 2.00 bits per heavy atom. The van der Waals surface area contributed by atoms with Crippen molar-refractivity contribution in [3.8, 4) is 0 Å². The maximum atomic E-state index is 12.5. The number of amides is 1. The first-order chi connectivity index (χ1) is 12.6. The SMILES string of the molecule is Cc1cn2cc(NC(=O)c3ccc(N4CC5(CNC5)C4)nc3)ccc2n1.Cl. The van der Waals surface area contributed by atoms with E-state index >= 15 is 0 Å². The Kier molecular flexibility index (Phi) is 4.28. The second-order valence-electron chi connectivity index (χ2n) is 7.38. The van der Waals surface area contributed by atoms with E-state index in [-0.39, 0.29) is 18.3 Å². The second-order valence-corrected chi connectivity index (χ2v) is 7.38. The van der Waals surface area contributed by atoms with Gasteiger partial charge in [0.1, 0.15) is 11.5 Å². The first-order valence-corrected chi connectivity index (χ1v) is 8.79. The Labute approximate surface area is 163 Å². The molecule has 2 fully saturated rings. The van der Waals surface area contributed by atoms with E-state index < -0.39 is 0 Å². The summed E-state index contributed by atoms with van der Waals surface area (Å²) in [6.45, 7) is 6.24. The second kappa shape index (κ2) is 6.51. The van der Waals surface area contributed by atoms with Crippen molar-refractivity contribution in [2.24, 2.45) is 5.41 Å². The Morgan fingerprint density at radius 1 is 1.19 bits per heavy atom. The molecule has 0 atom stereocenters. The van der Waals surface area contributed by atoms with Crippen LogP contribution in [0.3, 0.4) is 0 Å². The normalized spacial score (nSPS) is 17.1. The first kappa shape index (κ1) is 17.8. The fourth-order valence-electron chi connectivity index (χ4n) is 3.73. The van der Waals surface area contributed by atoms with Gasteiger partial charge in [-0.05, 0) is 31.2 Å². The molecule has 27 heavy (non-hydrogen) atoms. The number of pyridine rings is 2. The molecule has 0 aromatic carbocycles. The van der Waals surface area contributed by atoms with Gasteiger partial charge in [-0.2, -0.15) is 0 Å². The van der Waals surface area contributed by atoms with Crippen LogP contribution in [0.1, 0.15) is 16.1 Å². The molecule has 0 aliphatic carbocycles. The molecular formula is C19H21ClN6O. The van der Waals surface area contributed by atoms with E-state index in [1.165, 1.54) is 0 Å². The Morgan fingerprint density at radius 3 is 2.67 bits per heavy atom. The summed E-state index contributed by atoms with van der Waals surface area (Å²) in [7, 11) is 0. The predicted molar refractivity (Wildman–Crippen MR) is 107 cm³/mol. The van der Waals surface area contributed by atoms with Crippen LogP contribution in [0.2, 0.25) is 0 Å². The number of imidazole rings is 1. The monoisotopic (exact) mass is 384 g/mol. The van der Waals surface area contributed by atoms with Crippen molar-refractivity contribution in [2.45, 2.75) is 6.92 Å². The summed E-state index contributed by atoms with van der Waals surface area (Å²) in [5, 5.41) is 6.25. The van der Waals surface area contributed by atoms with Crippen LogP contribution in [0.15, 0.2) is 42.9 Å². The van der Waals surface area contributed by atoms with Crippen molar-refractivity contribution in [2.75, 3.05) is 36.4 Å². The molecule has 2 aliphatic rings. The van der Waals surface area contributed by atoms with Gasteiger partial charge in [-0.3, -0.25) is 4.79 Å². The number of hydrogen-bond donors (Lipinski definition) is 2. The smallest absolute Gasteiger partial charge is 0.257 e. The van der Waals surface area contributed by atoms with Gasteiger partial charge in [0.15, 0.2) is 0 Å². The molecule has 0 unspecified atom stereocenters. The zero-order valence-electron chi connectivity index (χ0n) is 15.0. The number of carbonyl (C=O) groups is 1. The molecule has 0 saturated carbocycles. The van der Waals surface area contributed by atoms with Gasteiger partial charge in [0.25, 0.3) is 5.91 Å². The number of hydrogen-bond acceptors (Lipinski definition) is 5. The molecule has 2 saturated heterocycles. The lowest BCUT2D eigenvalue weighted by atomic mass is 9.74. The number of carbonyl (C=O) groups excluding carboxylic acids is 1. The number of aromatic nitrogens is 3. The molecule has 0 radical (unpaired) electrons. The fourth-order valence-corrected chi connectivity index (χ4v) is 3.73. The average Bonchev–Trinajstić information content (AvgIpc) is 2.92. The quantitative estimate of drug-likeness (QED) is 0.723. The van der Waals surface area contributed by atoms with Crippen molar-refractivity contribution in [1.29, 1.82) is 0 Å². The fraction of sp³-hybridized carbons (Fsp3) is 0.316. The molecule has 5 heterocycles. The zero-order valence-corrected chi connectivity index (χ0v) is 15.8. The lowest BCUT2D eigenvalue weighted by molar-refractivity contribution is 0.102. The van der Waals surface area contributed by atoms with Crippen molar-refractivity contribution in [3.05, 3.63) is 54.1 Å². The highest BCUT2D eigenvalue weighted by Gasteiger charge is 2.47. The maximum Gasteiger partial charge on any atom is 0.257 e. The lowest BCUT2D eigenvalue weighted by Gasteiger charge is -2.56. The molecule has 7 nitrogen and oxygen atoms in total. The number of halogens is 1. The summed E-state index contributed by atoms with van der Waals surface area (Å²) in [5.41, 5.74) is 3.55. The first-order valence-electron chi connectivity index (χ1n) is 8.79. The minimum absolute atomic E-state index is 0. The lowest BCUT2D eigenvalue weighted by Crippen LogP contribution is -2.71. The number of nitrogens with one attached hydrogen (secondary N) is 2. The minimum atomic E-state index is -0.163. The van der Waals surface area contributed by atoms with Crippen LogP contribution < -0.4 is 15.5 Å². The number of rotatable bonds is 3. The van der Waals surface area contributed by atoms with E-state index in [1.54, 1.807) is 6.20 Å². The zero-order chi connectivity index (χ0) is 17.7. The van der Waals surface area contributed by atoms with Crippen LogP contribution >= 0.6 is 12.4 Å². The van der Waals surface area contributed by atoms with E-state index in [2.05, 4.69) is 25.5 Å². The summed E-state index contributed by atoms with van der Waals surface area (Å²) in [6.07, 6.45) is 5.44. The number of nitrogens with zero attached hydrogens (tertiary/aromatic N) is 4. The van der Waals surface area contributed by atoms with E-state index in [9.17, 15) is 4.79 Å². The molecule has 2 aliphatic heterocycles. The molecule has 1 spiro atoms. The Hall–Kier alpha value is -2.64. The van der Waals surface area contributed by atoms with Crippen molar-refractivity contribution < 1.29 is 4.79 Å². The topological polar surface area (TPSA) is 74.6 Å². The van der Waals surface area contributed by atoms with Crippen LogP contribution in [0.25, 0.3) is 5.65 Å². The van der Waals surface area contributed by atoms with E-state index in [1.807, 2.05) is 48.0 Å².